The van der Waals surface area contributed by atoms with Crippen molar-refractivity contribution in [1.29, 1.82) is 0 Å². The average molecular weight is 530 g/mol. The molecule has 0 spiro atoms. The molecule has 2 amide bonds. The van der Waals surface area contributed by atoms with E-state index in [1.807, 2.05) is 86.9 Å². The predicted molar refractivity (Wildman–Crippen MR) is 150 cm³/mol. The van der Waals surface area contributed by atoms with Gasteiger partial charge in [0.15, 0.2) is 17.6 Å². The number of nitrogens with one attached hydrogen (secondary N) is 2. The lowest BCUT2D eigenvalue weighted by Gasteiger charge is -2.15. The van der Waals surface area contributed by atoms with Crippen LogP contribution in [0.5, 0.6) is 5.75 Å². The summed E-state index contributed by atoms with van der Waals surface area (Å²) in [6.45, 7) is 8.07. The van der Waals surface area contributed by atoms with E-state index in [-0.39, 0.29) is 30.7 Å². The molecule has 4 rings (SSSR count). The summed E-state index contributed by atoms with van der Waals surface area (Å²) in [5, 5.41) is 15.1. The van der Waals surface area contributed by atoms with Gasteiger partial charge in [-0.25, -0.2) is 0 Å². The summed E-state index contributed by atoms with van der Waals surface area (Å²) in [5.74, 6) is 0.940. The Kier molecular flexibility index (Phi) is 8.81. The number of carbonyl (C=O) groups excluding carboxylic acids is 2. The minimum atomic E-state index is -0.272. The van der Waals surface area contributed by atoms with E-state index in [4.69, 9.17) is 4.74 Å². The van der Waals surface area contributed by atoms with Crippen LogP contribution in [0.3, 0.4) is 0 Å². The van der Waals surface area contributed by atoms with Crippen molar-refractivity contribution in [3.63, 3.8) is 0 Å². The molecule has 3 aromatic carbocycles. The van der Waals surface area contributed by atoms with Crippen molar-refractivity contribution >= 4 is 29.3 Å². The highest BCUT2D eigenvalue weighted by Crippen LogP contribution is 2.26. The number of amides is 2. The van der Waals surface area contributed by atoms with Gasteiger partial charge in [0, 0.05) is 5.69 Å². The van der Waals surface area contributed by atoms with E-state index in [0.29, 0.717) is 16.7 Å². The Bertz CT molecular complexity index is 1440. The second-order valence-corrected chi connectivity index (χ2v) is 9.93. The molecule has 0 atom stereocenters. The number of rotatable bonds is 10. The Morgan fingerprint density at radius 3 is 2.47 bits per heavy atom. The van der Waals surface area contributed by atoms with Gasteiger partial charge >= 0.3 is 0 Å². The molecule has 0 unspecified atom stereocenters. The van der Waals surface area contributed by atoms with E-state index in [9.17, 15) is 9.59 Å². The highest BCUT2D eigenvalue weighted by Gasteiger charge is 2.19. The third-order valence-corrected chi connectivity index (χ3v) is 7.00. The first-order valence-corrected chi connectivity index (χ1v) is 13.3. The molecular formula is C29H31N5O3S. The molecule has 0 aliphatic rings. The molecule has 1 heterocycles. The molecule has 2 N–H and O–H groups in total. The summed E-state index contributed by atoms with van der Waals surface area (Å²) in [6, 6.07) is 21.1. The number of para-hydroxylation sites is 1. The molecule has 0 aliphatic carbocycles. The molecule has 196 valence electrons. The van der Waals surface area contributed by atoms with Gasteiger partial charge in [0.1, 0.15) is 5.75 Å². The minimum Gasteiger partial charge on any atom is -0.484 e. The van der Waals surface area contributed by atoms with E-state index in [0.717, 1.165) is 33.6 Å². The van der Waals surface area contributed by atoms with Gasteiger partial charge in [-0.2, -0.15) is 0 Å². The van der Waals surface area contributed by atoms with E-state index >= 15 is 0 Å². The number of carbonyl (C=O) groups is 2. The zero-order valence-corrected chi connectivity index (χ0v) is 22.8. The topological polar surface area (TPSA) is 98.1 Å². The molecular weight excluding hydrogens is 498 g/mol. The van der Waals surface area contributed by atoms with Crippen LogP contribution in [0.4, 0.5) is 5.69 Å². The number of benzene rings is 3. The molecule has 0 saturated heterocycles. The van der Waals surface area contributed by atoms with E-state index in [1.54, 1.807) is 12.1 Å². The van der Waals surface area contributed by atoms with Crippen LogP contribution in [0.2, 0.25) is 0 Å². The van der Waals surface area contributed by atoms with Crippen LogP contribution < -0.4 is 15.4 Å². The second-order valence-electron chi connectivity index (χ2n) is 8.99. The molecule has 9 heteroatoms. The summed E-state index contributed by atoms with van der Waals surface area (Å²) in [4.78, 5) is 25.2. The molecule has 0 bridgehead atoms. The molecule has 4 aromatic rings. The Morgan fingerprint density at radius 1 is 0.895 bits per heavy atom. The maximum Gasteiger partial charge on any atom is 0.258 e. The van der Waals surface area contributed by atoms with Crippen molar-refractivity contribution in [2.45, 2.75) is 39.4 Å². The normalized spacial score (nSPS) is 10.7. The first-order chi connectivity index (χ1) is 18.3. The van der Waals surface area contributed by atoms with Gasteiger partial charge in [-0.15, -0.1) is 10.2 Å². The van der Waals surface area contributed by atoms with Crippen LogP contribution in [0.1, 0.15) is 28.1 Å². The van der Waals surface area contributed by atoms with Crippen LogP contribution in [0.25, 0.3) is 5.69 Å². The van der Waals surface area contributed by atoms with Crippen molar-refractivity contribution in [1.82, 2.24) is 20.1 Å². The van der Waals surface area contributed by atoms with Gasteiger partial charge < -0.3 is 15.4 Å². The number of thioether (sulfide) groups is 1. The van der Waals surface area contributed by atoms with Crippen LogP contribution >= 0.6 is 11.8 Å². The second kappa shape index (κ2) is 12.4. The van der Waals surface area contributed by atoms with E-state index < -0.39 is 0 Å². The zero-order chi connectivity index (χ0) is 27.1. The van der Waals surface area contributed by atoms with Gasteiger partial charge in [-0.1, -0.05) is 54.2 Å². The van der Waals surface area contributed by atoms with E-state index in [2.05, 4.69) is 20.8 Å². The van der Waals surface area contributed by atoms with Crippen LogP contribution in [0.15, 0.2) is 71.9 Å². The monoisotopic (exact) mass is 529 g/mol. The molecule has 0 fully saturated rings. The summed E-state index contributed by atoms with van der Waals surface area (Å²) in [6.07, 6.45) is 0. The molecule has 0 aliphatic heterocycles. The molecule has 8 nitrogen and oxygen atoms in total. The number of hydrogen-bond donors (Lipinski definition) is 2. The lowest BCUT2D eigenvalue weighted by Crippen LogP contribution is -2.29. The maximum absolute atomic E-state index is 12.8. The number of aromatic nitrogens is 3. The first-order valence-electron chi connectivity index (χ1n) is 12.3. The van der Waals surface area contributed by atoms with Crippen LogP contribution in [0, 0.1) is 27.7 Å². The Morgan fingerprint density at radius 2 is 1.68 bits per heavy atom. The van der Waals surface area contributed by atoms with Gasteiger partial charge in [0.2, 0.25) is 5.91 Å². The smallest absolute Gasteiger partial charge is 0.258 e. The van der Waals surface area contributed by atoms with Gasteiger partial charge in [-0.3, -0.25) is 14.2 Å². The number of ether oxygens (including phenoxy) is 1. The average Bonchev–Trinajstić information content (AvgIpc) is 3.32. The lowest BCUT2D eigenvalue weighted by molar-refractivity contribution is -0.123. The lowest BCUT2D eigenvalue weighted by atomic mass is 10.1. The molecule has 0 radical (unpaired) electrons. The fourth-order valence-corrected chi connectivity index (χ4v) is 4.57. The largest absolute Gasteiger partial charge is 0.484 e. The van der Waals surface area contributed by atoms with Crippen molar-refractivity contribution < 1.29 is 14.3 Å². The van der Waals surface area contributed by atoms with Gasteiger partial charge in [0.25, 0.3) is 5.91 Å². The predicted octanol–water partition coefficient (Wildman–Crippen LogP) is 4.93. The standard InChI is InChI=1S/C29H31N5O3S/c1-19-13-14-21(3)24(15-19)31-28(36)18-38-29-33-32-26(34(29)25-12-8-9-20(2)22(25)4)16-30-27(35)17-37-23-10-6-5-7-11-23/h5-15H,16-18H2,1-4H3,(H,30,35)(H,31,36). The van der Waals surface area contributed by atoms with Crippen LogP contribution in [-0.2, 0) is 16.1 Å². The molecule has 1 aromatic heterocycles. The molecule has 38 heavy (non-hydrogen) atoms. The summed E-state index contributed by atoms with van der Waals surface area (Å²) < 4.78 is 7.44. The van der Waals surface area contributed by atoms with E-state index in [1.165, 1.54) is 11.8 Å². The zero-order valence-electron chi connectivity index (χ0n) is 21.9. The van der Waals surface area contributed by atoms with Gasteiger partial charge in [-0.05, 0) is 74.2 Å². The number of hydrogen-bond acceptors (Lipinski definition) is 6. The Labute approximate surface area is 226 Å². The van der Waals surface area contributed by atoms with Crippen LogP contribution in [-0.4, -0.2) is 38.9 Å². The summed E-state index contributed by atoms with van der Waals surface area (Å²) in [5.41, 5.74) is 5.96. The number of anilines is 1. The third kappa shape index (κ3) is 6.80. The fourth-order valence-electron chi connectivity index (χ4n) is 3.81. The maximum atomic E-state index is 12.8. The molecule has 0 saturated carbocycles. The number of aryl methyl sites for hydroxylation is 3. The van der Waals surface area contributed by atoms with Crippen molar-refractivity contribution in [3.8, 4) is 11.4 Å². The van der Waals surface area contributed by atoms with Gasteiger partial charge in [0.05, 0.1) is 18.0 Å². The first kappa shape index (κ1) is 26.9. The highest BCUT2D eigenvalue weighted by molar-refractivity contribution is 7.99. The van der Waals surface area contributed by atoms with Crippen molar-refractivity contribution in [2.75, 3.05) is 17.7 Å². The summed E-state index contributed by atoms with van der Waals surface area (Å²) in [7, 11) is 0. The number of nitrogens with zero attached hydrogens (tertiary/aromatic N) is 3. The fraction of sp³-hybridized carbons (Fsp3) is 0.241. The SMILES string of the molecule is Cc1ccc(C)c(NC(=O)CSc2nnc(CNC(=O)COc3ccccc3)n2-c2cccc(C)c2C)c1. The summed E-state index contributed by atoms with van der Waals surface area (Å²) >= 11 is 1.30. The Balaban J connectivity index is 1.48. The third-order valence-electron chi connectivity index (χ3n) is 6.07. The van der Waals surface area contributed by atoms with Crippen molar-refractivity contribution in [3.05, 3.63) is 94.8 Å². The van der Waals surface area contributed by atoms with Crippen molar-refractivity contribution in [2.24, 2.45) is 0 Å². The minimum absolute atomic E-state index is 0.109. The highest BCUT2D eigenvalue weighted by atomic mass is 32.2. The quantitative estimate of drug-likeness (QED) is 0.283. The Hall–Kier alpha value is -4.11.